The molecule has 0 radical (unpaired) electrons. The largest absolute Gasteiger partial charge is 0.504 e. The molecule has 0 fully saturated rings. The zero-order valence-electron chi connectivity index (χ0n) is 11.7. The molecular weight excluding hydrogens is 288 g/mol. The molecule has 2 aromatic rings. The van der Waals surface area contributed by atoms with Crippen LogP contribution in [0.2, 0.25) is 0 Å². The van der Waals surface area contributed by atoms with Crippen LogP contribution in [0.5, 0.6) is 28.7 Å². The summed E-state index contributed by atoms with van der Waals surface area (Å²) < 4.78 is 10.9. The van der Waals surface area contributed by atoms with E-state index in [2.05, 4.69) is 0 Å². The van der Waals surface area contributed by atoms with Gasteiger partial charge in [-0.05, 0) is 29.8 Å². The summed E-state index contributed by atoms with van der Waals surface area (Å²) in [6.07, 6.45) is -0.548. The molecule has 0 bridgehead atoms. The fourth-order valence-corrected chi connectivity index (χ4v) is 2.48. The number of ether oxygens (including phenoxy) is 2. The Hall–Kier alpha value is -2.89. The molecule has 0 saturated heterocycles. The highest BCUT2D eigenvalue weighted by atomic mass is 16.5. The van der Waals surface area contributed by atoms with E-state index in [9.17, 15) is 20.1 Å². The number of carbonyl (C=O) groups is 1. The molecule has 0 aromatic heterocycles. The molecule has 1 atom stereocenters. The smallest absolute Gasteiger partial charge is 0.203 e. The molecule has 0 spiro atoms. The number of methoxy groups -OCH3 is 1. The van der Waals surface area contributed by atoms with Crippen molar-refractivity contribution in [3.63, 3.8) is 0 Å². The lowest BCUT2D eigenvalue weighted by atomic mass is 9.95. The normalized spacial score (nSPS) is 16.8. The van der Waals surface area contributed by atoms with E-state index in [1.165, 1.54) is 31.4 Å². The van der Waals surface area contributed by atoms with E-state index in [4.69, 9.17) is 9.47 Å². The number of Topliss-reactive ketones (excluding diaryl/α,β-unsaturated/α-hetero) is 1. The summed E-state index contributed by atoms with van der Waals surface area (Å²) in [5.41, 5.74) is 0.883. The number of phenols is 3. The maximum absolute atomic E-state index is 12.3. The third kappa shape index (κ3) is 2.18. The summed E-state index contributed by atoms with van der Waals surface area (Å²) in [5, 5.41) is 28.7. The van der Waals surface area contributed by atoms with Gasteiger partial charge in [-0.25, -0.2) is 0 Å². The number of carbonyl (C=O) groups excluding carboxylic acids is 1. The van der Waals surface area contributed by atoms with Gasteiger partial charge in [0.25, 0.3) is 0 Å². The van der Waals surface area contributed by atoms with Crippen molar-refractivity contribution in [2.45, 2.75) is 12.5 Å². The second kappa shape index (κ2) is 5.14. The van der Waals surface area contributed by atoms with Gasteiger partial charge in [0.2, 0.25) is 5.75 Å². The van der Waals surface area contributed by atoms with Gasteiger partial charge in [0.15, 0.2) is 28.8 Å². The van der Waals surface area contributed by atoms with Crippen LogP contribution in [0.25, 0.3) is 0 Å². The lowest BCUT2D eigenvalue weighted by molar-refractivity contribution is 0.0841. The van der Waals surface area contributed by atoms with Crippen LogP contribution in [0.4, 0.5) is 0 Å². The topological polar surface area (TPSA) is 96.2 Å². The highest BCUT2D eigenvalue weighted by molar-refractivity contribution is 6.01. The number of fused-ring (bicyclic) bond motifs is 1. The Labute approximate surface area is 126 Å². The number of ketones is 1. The molecule has 0 aliphatic carbocycles. The average molecular weight is 302 g/mol. The molecule has 2 aromatic carbocycles. The maximum atomic E-state index is 12.3. The molecule has 0 saturated carbocycles. The van der Waals surface area contributed by atoms with Gasteiger partial charge in [-0.15, -0.1) is 0 Å². The van der Waals surface area contributed by atoms with Crippen molar-refractivity contribution in [3.8, 4) is 28.7 Å². The predicted octanol–water partition coefficient (Wildman–Crippen LogP) is 2.52. The minimum atomic E-state index is -0.637. The number of benzene rings is 2. The predicted molar refractivity (Wildman–Crippen MR) is 76.7 cm³/mol. The highest BCUT2D eigenvalue weighted by Gasteiger charge is 2.31. The molecule has 6 heteroatoms. The van der Waals surface area contributed by atoms with Gasteiger partial charge in [-0.1, -0.05) is 6.07 Å². The Morgan fingerprint density at radius 2 is 1.82 bits per heavy atom. The lowest BCUT2D eigenvalue weighted by Crippen LogP contribution is -2.20. The first kappa shape index (κ1) is 14.1. The fourth-order valence-electron chi connectivity index (χ4n) is 2.48. The van der Waals surface area contributed by atoms with E-state index in [1.807, 2.05) is 0 Å². The average Bonchev–Trinajstić information content (AvgIpc) is 2.49. The molecule has 6 nitrogen and oxygen atoms in total. The Bertz CT molecular complexity index is 753. The molecule has 22 heavy (non-hydrogen) atoms. The Kier molecular flexibility index (Phi) is 3.29. The minimum Gasteiger partial charge on any atom is -0.504 e. The quantitative estimate of drug-likeness (QED) is 0.738. The van der Waals surface area contributed by atoms with Crippen molar-refractivity contribution in [2.75, 3.05) is 7.11 Å². The van der Waals surface area contributed by atoms with Crippen LogP contribution >= 0.6 is 0 Å². The van der Waals surface area contributed by atoms with Crippen LogP contribution in [0, 0.1) is 0 Å². The second-order valence-corrected chi connectivity index (χ2v) is 4.98. The zero-order valence-corrected chi connectivity index (χ0v) is 11.7. The minimum absolute atomic E-state index is 0.0884. The standard InChI is InChI=1S/C16H14O6/c1-21-16-11(18)5-3-9-12(19)7-14(22-15(9)16)8-2-4-10(17)13(20)6-8/h2-6,14,17-18,20H,7H2,1H3/t14-/m0/s1. The number of aromatic hydroxyl groups is 3. The molecule has 1 aliphatic rings. The van der Waals surface area contributed by atoms with E-state index < -0.39 is 6.10 Å². The lowest BCUT2D eigenvalue weighted by Gasteiger charge is -2.27. The van der Waals surface area contributed by atoms with Crippen LogP contribution in [0.1, 0.15) is 28.4 Å². The van der Waals surface area contributed by atoms with Crippen LogP contribution < -0.4 is 9.47 Å². The molecule has 1 heterocycles. The Morgan fingerprint density at radius 3 is 2.50 bits per heavy atom. The van der Waals surface area contributed by atoms with Crippen LogP contribution in [-0.2, 0) is 0 Å². The van der Waals surface area contributed by atoms with Gasteiger partial charge in [-0.3, -0.25) is 4.79 Å². The zero-order chi connectivity index (χ0) is 15.9. The fraction of sp³-hybridized carbons (Fsp3) is 0.188. The first-order valence-corrected chi connectivity index (χ1v) is 6.63. The van der Waals surface area contributed by atoms with Gasteiger partial charge in [0.1, 0.15) is 6.10 Å². The highest BCUT2D eigenvalue weighted by Crippen LogP contribution is 2.46. The molecule has 0 unspecified atom stereocenters. The molecule has 0 amide bonds. The molecule has 1 aliphatic heterocycles. The van der Waals surface area contributed by atoms with Crippen molar-refractivity contribution < 1.29 is 29.6 Å². The molecule has 114 valence electrons. The summed E-state index contributed by atoms with van der Waals surface area (Å²) >= 11 is 0. The molecular formula is C16H14O6. The van der Waals surface area contributed by atoms with E-state index in [-0.39, 0.29) is 41.0 Å². The van der Waals surface area contributed by atoms with Crippen molar-refractivity contribution in [1.82, 2.24) is 0 Å². The third-order valence-corrected chi connectivity index (χ3v) is 3.60. The number of hydrogen-bond donors (Lipinski definition) is 3. The molecule has 3 N–H and O–H groups in total. The number of hydrogen-bond acceptors (Lipinski definition) is 6. The van der Waals surface area contributed by atoms with Crippen LogP contribution in [-0.4, -0.2) is 28.2 Å². The SMILES string of the molecule is COc1c(O)ccc2c1O[C@H](c1ccc(O)c(O)c1)CC2=O. The summed E-state index contributed by atoms with van der Waals surface area (Å²) in [6, 6.07) is 7.10. The second-order valence-electron chi connectivity index (χ2n) is 4.98. The van der Waals surface area contributed by atoms with Crippen molar-refractivity contribution in [2.24, 2.45) is 0 Å². The summed E-state index contributed by atoms with van der Waals surface area (Å²) in [5.74, 6) is -0.543. The van der Waals surface area contributed by atoms with Gasteiger partial charge in [0, 0.05) is 0 Å². The first-order chi connectivity index (χ1) is 10.5. The third-order valence-electron chi connectivity index (χ3n) is 3.60. The van der Waals surface area contributed by atoms with Crippen molar-refractivity contribution >= 4 is 5.78 Å². The maximum Gasteiger partial charge on any atom is 0.203 e. The summed E-state index contributed by atoms with van der Waals surface area (Å²) in [6.45, 7) is 0. The van der Waals surface area contributed by atoms with E-state index in [1.54, 1.807) is 6.07 Å². The van der Waals surface area contributed by atoms with Crippen LogP contribution in [0.3, 0.4) is 0 Å². The van der Waals surface area contributed by atoms with Crippen molar-refractivity contribution in [3.05, 3.63) is 41.5 Å². The van der Waals surface area contributed by atoms with Gasteiger partial charge in [-0.2, -0.15) is 0 Å². The summed E-state index contributed by atoms with van der Waals surface area (Å²) in [7, 11) is 1.37. The Balaban J connectivity index is 2.04. The molecule has 3 rings (SSSR count). The van der Waals surface area contributed by atoms with Crippen molar-refractivity contribution in [1.29, 1.82) is 0 Å². The van der Waals surface area contributed by atoms with E-state index in [0.717, 1.165) is 0 Å². The number of phenolic OH excluding ortho intramolecular Hbond substituents is 3. The van der Waals surface area contributed by atoms with Crippen LogP contribution in [0.15, 0.2) is 30.3 Å². The van der Waals surface area contributed by atoms with E-state index in [0.29, 0.717) is 11.1 Å². The van der Waals surface area contributed by atoms with Gasteiger partial charge < -0.3 is 24.8 Å². The first-order valence-electron chi connectivity index (χ1n) is 6.63. The number of rotatable bonds is 2. The van der Waals surface area contributed by atoms with E-state index >= 15 is 0 Å². The van der Waals surface area contributed by atoms with Gasteiger partial charge in [0.05, 0.1) is 19.1 Å². The van der Waals surface area contributed by atoms with Gasteiger partial charge >= 0.3 is 0 Å². The monoisotopic (exact) mass is 302 g/mol. The Morgan fingerprint density at radius 1 is 1.09 bits per heavy atom. The summed E-state index contributed by atoms with van der Waals surface area (Å²) in [4.78, 5) is 12.3.